The normalized spacial score (nSPS) is 15.4. The van der Waals surface area contributed by atoms with Crippen molar-refractivity contribution >= 4 is 12.2 Å². The molecule has 4 rings (SSSR count). The van der Waals surface area contributed by atoms with E-state index in [2.05, 4.69) is 10.2 Å². The SMILES string of the molecule is CC(C)(C)OC(=O)N1CCn2nc(CO)cc2C1.CC(C)(C)OC(=O)N1CCn2nc(CO)cc2C1. The molecule has 0 atom stereocenters. The van der Waals surface area contributed by atoms with Crippen LogP contribution in [0, 0.1) is 0 Å². The van der Waals surface area contributed by atoms with Crippen LogP contribution in [0.3, 0.4) is 0 Å². The van der Waals surface area contributed by atoms with Crippen molar-refractivity contribution in [1.82, 2.24) is 29.4 Å². The van der Waals surface area contributed by atoms with E-state index in [1.807, 2.05) is 63.0 Å². The molecule has 2 amide bonds. The number of aliphatic hydroxyl groups is 2. The van der Waals surface area contributed by atoms with Crippen molar-refractivity contribution in [1.29, 1.82) is 0 Å². The fourth-order valence-electron chi connectivity index (χ4n) is 3.77. The van der Waals surface area contributed by atoms with Gasteiger partial charge in [0.2, 0.25) is 0 Å². The monoisotopic (exact) mass is 506 g/mol. The molecule has 12 heteroatoms. The Morgan fingerprint density at radius 1 is 0.750 bits per heavy atom. The number of aromatic nitrogens is 4. The number of nitrogens with zero attached hydrogens (tertiary/aromatic N) is 6. The first-order valence-electron chi connectivity index (χ1n) is 12.1. The average Bonchev–Trinajstić information content (AvgIpc) is 3.39. The highest BCUT2D eigenvalue weighted by Gasteiger charge is 2.27. The highest BCUT2D eigenvalue weighted by Crippen LogP contribution is 2.18. The summed E-state index contributed by atoms with van der Waals surface area (Å²) < 4.78 is 14.3. The minimum atomic E-state index is -0.481. The van der Waals surface area contributed by atoms with E-state index in [1.165, 1.54) is 0 Å². The Morgan fingerprint density at radius 3 is 1.42 bits per heavy atom. The summed E-state index contributed by atoms with van der Waals surface area (Å²) >= 11 is 0. The first kappa shape index (κ1) is 27.5. The summed E-state index contributed by atoms with van der Waals surface area (Å²) in [6.07, 6.45) is -0.610. The van der Waals surface area contributed by atoms with Crippen molar-refractivity contribution in [3.05, 3.63) is 34.9 Å². The summed E-state index contributed by atoms with van der Waals surface area (Å²) in [5.41, 5.74) is 2.16. The fraction of sp³-hybridized carbons (Fsp3) is 0.667. The van der Waals surface area contributed by atoms with Crippen LogP contribution in [0.25, 0.3) is 0 Å². The van der Waals surface area contributed by atoms with Crippen molar-refractivity contribution in [3.63, 3.8) is 0 Å². The summed E-state index contributed by atoms with van der Waals surface area (Å²) in [7, 11) is 0. The van der Waals surface area contributed by atoms with Crippen LogP contribution in [0.4, 0.5) is 9.59 Å². The highest BCUT2D eigenvalue weighted by atomic mass is 16.6. The highest BCUT2D eigenvalue weighted by molar-refractivity contribution is 5.68. The van der Waals surface area contributed by atoms with Gasteiger partial charge >= 0.3 is 12.2 Å². The zero-order chi connectivity index (χ0) is 26.7. The van der Waals surface area contributed by atoms with Gasteiger partial charge in [-0.05, 0) is 53.7 Å². The number of rotatable bonds is 2. The van der Waals surface area contributed by atoms with Crippen molar-refractivity contribution < 1.29 is 29.3 Å². The maximum atomic E-state index is 11.9. The van der Waals surface area contributed by atoms with E-state index in [1.54, 1.807) is 9.80 Å². The van der Waals surface area contributed by atoms with Crippen LogP contribution in [0.2, 0.25) is 0 Å². The lowest BCUT2D eigenvalue weighted by Crippen LogP contribution is -2.41. The van der Waals surface area contributed by atoms with Crippen LogP contribution < -0.4 is 0 Å². The van der Waals surface area contributed by atoms with Crippen molar-refractivity contribution in [2.75, 3.05) is 13.1 Å². The molecule has 2 aliphatic heterocycles. The molecule has 36 heavy (non-hydrogen) atoms. The van der Waals surface area contributed by atoms with Crippen LogP contribution in [0.1, 0.15) is 64.3 Å². The van der Waals surface area contributed by atoms with Gasteiger partial charge in [-0.25, -0.2) is 9.59 Å². The first-order chi connectivity index (χ1) is 16.8. The van der Waals surface area contributed by atoms with E-state index in [9.17, 15) is 9.59 Å². The largest absolute Gasteiger partial charge is 0.444 e. The molecule has 0 radical (unpaired) electrons. The molecule has 2 aromatic heterocycles. The summed E-state index contributed by atoms with van der Waals surface area (Å²) in [6.45, 7) is 14.3. The van der Waals surface area contributed by atoms with E-state index in [-0.39, 0.29) is 25.4 Å². The van der Waals surface area contributed by atoms with Gasteiger partial charge in [-0.15, -0.1) is 0 Å². The number of hydrogen-bond acceptors (Lipinski definition) is 8. The van der Waals surface area contributed by atoms with E-state index >= 15 is 0 Å². The van der Waals surface area contributed by atoms with Gasteiger partial charge in [0.1, 0.15) is 11.2 Å². The lowest BCUT2D eigenvalue weighted by Gasteiger charge is -2.30. The molecule has 0 saturated heterocycles. The quantitative estimate of drug-likeness (QED) is 0.633. The second-order valence-electron chi connectivity index (χ2n) is 10.8. The van der Waals surface area contributed by atoms with Crippen molar-refractivity contribution in [2.24, 2.45) is 0 Å². The molecule has 0 spiro atoms. The maximum absolute atomic E-state index is 11.9. The van der Waals surface area contributed by atoms with Crippen LogP contribution >= 0.6 is 0 Å². The van der Waals surface area contributed by atoms with Crippen molar-refractivity contribution in [3.8, 4) is 0 Å². The molecule has 2 aliphatic rings. The van der Waals surface area contributed by atoms with E-state index in [0.29, 0.717) is 50.7 Å². The molecule has 12 nitrogen and oxygen atoms in total. The molecular weight excluding hydrogens is 468 g/mol. The maximum Gasteiger partial charge on any atom is 0.410 e. The van der Waals surface area contributed by atoms with Gasteiger partial charge < -0.3 is 29.5 Å². The summed E-state index contributed by atoms with van der Waals surface area (Å²) in [4.78, 5) is 27.2. The molecule has 0 aromatic carbocycles. The molecule has 0 saturated carbocycles. The van der Waals surface area contributed by atoms with E-state index in [4.69, 9.17) is 19.7 Å². The van der Waals surface area contributed by atoms with Crippen LogP contribution in [-0.4, -0.2) is 76.1 Å². The Labute approximate surface area is 211 Å². The molecule has 200 valence electrons. The third-order valence-electron chi connectivity index (χ3n) is 5.32. The zero-order valence-corrected chi connectivity index (χ0v) is 22.0. The Bertz CT molecular complexity index is 980. The van der Waals surface area contributed by atoms with Gasteiger partial charge in [-0.1, -0.05) is 0 Å². The predicted octanol–water partition coefficient (Wildman–Crippen LogP) is 2.25. The number of carbonyl (C=O) groups excluding carboxylic acids is 2. The van der Waals surface area contributed by atoms with Crippen molar-refractivity contribution in [2.45, 2.75) is 92.1 Å². The predicted molar refractivity (Wildman–Crippen MR) is 130 cm³/mol. The number of aliphatic hydroxyl groups excluding tert-OH is 2. The second-order valence-corrected chi connectivity index (χ2v) is 10.8. The van der Waals surface area contributed by atoms with Crippen LogP contribution in [-0.2, 0) is 48.9 Å². The summed E-state index contributed by atoms with van der Waals surface area (Å²) in [6, 6.07) is 3.63. The molecule has 2 N–H and O–H groups in total. The van der Waals surface area contributed by atoms with Gasteiger partial charge in [0.15, 0.2) is 0 Å². The van der Waals surface area contributed by atoms with Gasteiger partial charge in [0, 0.05) is 13.1 Å². The molecule has 0 fully saturated rings. The smallest absolute Gasteiger partial charge is 0.410 e. The fourth-order valence-corrected chi connectivity index (χ4v) is 3.77. The van der Waals surface area contributed by atoms with E-state index < -0.39 is 11.2 Å². The summed E-state index contributed by atoms with van der Waals surface area (Å²) in [5, 5.41) is 26.5. The lowest BCUT2D eigenvalue weighted by atomic mass is 10.2. The number of amides is 2. The third kappa shape index (κ3) is 7.44. The van der Waals surface area contributed by atoms with Crippen LogP contribution in [0.15, 0.2) is 12.1 Å². The third-order valence-corrected chi connectivity index (χ3v) is 5.32. The van der Waals surface area contributed by atoms with Gasteiger partial charge in [-0.3, -0.25) is 9.36 Å². The minimum Gasteiger partial charge on any atom is -0.444 e. The summed E-state index contributed by atoms with van der Waals surface area (Å²) in [5.74, 6) is 0. The Balaban J connectivity index is 0.000000201. The van der Waals surface area contributed by atoms with Gasteiger partial charge in [-0.2, -0.15) is 10.2 Å². The van der Waals surface area contributed by atoms with E-state index in [0.717, 1.165) is 11.4 Å². The number of ether oxygens (including phenoxy) is 2. The zero-order valence-electron chi connectivity index (χ0n) is 22.0. The molecule has 2 aromatic rings. The molecule has 4 heterocycles. The Kier molecular flexibility index (Phi) is 8.29. The molecular formula is C24H38N6O6. The topological polar surface area (TPSA) is 135 Å². The minimum absolute atomic E-state index is 0.0769. The number of carbonyl (C=O) groups is 2. The molecule has 0 bridgehead atoms. The Morgan fingerprint density at radius 2 is 1.11 bits per heavy atom. The number of hydrogen-bond donors (Lipinski definition) is 2. The van der Waals surface area contributed by atoms with Gasteiger partial charge in [0.05, 0.1) is 62.2 Å². The standard InChI is InChI=1S/2C12H19N3O3/c2*1-12(2,3)18-11(17)14-4-5-15-10(7-14)6-9(8-16)13-15/h2*6,16H,4-5,7-8H2,1-3H3. The number of fused-ring (bicyclic) bond motifs is 2. The van der Waals surface area contributed by atoms with Crippen LogP contribution in [0.5, 0.6) is 0 Å². The molecule has 0 unspecified atom stereocenters. The lowest BCUT2D eigenvalue weighted by molar-refractivity contribution is 0.0184. The van der Waals surface area contributed by atoms with Gasteiger partial charge in [0.25, 0.3) is 0 Å². The molecule has 0 aliphatic carbocycles. The first-order valence-corrected chi connectivity index (χ1v) is 12.1. The second kappa shape index (κ2) is 10.9. The Hall–Kier alpha value is -3.12. The average molecular weight is 507 g/mol.